The molecular formula is C18H18N2S2. The quantitative estimate of drug-likeness (QED) is 0.769. The molecule has 0 amide bonds. The molecule has 0 N–H and O–H groups in total. The maximum Gasteiger partial charge on any atom is 0.137 e. The zero-order valence-electron chi connectivity index (χ0n) is 12.6. The molecule has 1 fully saturated rings. The number of piperazine rings is 1. The third kappa shape index (κ3) is 2.53. The van der Waals surface area contributed by atoms with E-state index in [1.54, 1.807) is 0 Å². The molecule has 2 aromatic carbocycles. The normalized spacial score (nSPS) is 22.1. The van der Waals surface area contributed by atoms with E-state index >= 15 is 0 Å². The molecule has 0 unspecified atom stereocenters. The van der Waals surface area contributed by atoms with E-state index in [4.69, 9.17) is 24.4 Å². The van der Waals surface area contributed by atoms with Gasteiger partial charge in [-0.2, -0.15) is 0 Å². The molecule has 22 heavy (non-hydrogen) atoms. The van der Waals surface area contributed by atoms with Gasteiger partial charge in [0.2, 0.25) is 0 Å². The number of hydrogen-bond acceptors (Lipinski definition) is 2. The molecule has 0 bridgehead atoms. The predicted molar refractivity (Wildman–Crippen MR) is 99.1 cm³/mol. The van der Waals surface area contributed by atoms with E-state index in [1.165, 1.54) is 11.1 Å². The minimum atomic E-state index is 0.146. The number of hydrogen-bond donors (Lipinski definition) is 0. The van der Waals surface area contributed by atoms with Crippen LogP contribution in [0.2, 0.25) is 0 Å². The summed E-state index contributed by atoms with van der Waals surface area (Å²) in [4.78, 5) is 5.73. The summed E-state index contributed by atoms with van der Waals surface area (Å²) in [5.74, 6) is 0. The molecule has 4 heteroatoms. The van der Waals surface area contributed by atoms with Crippen molar-refractivity contribution in [2.45, 2.75) is 12.1 Å². The molecule has 2 atom stereocenters. The average Bonchev–Trinajstić information content (AvgIpc) is 2.57. The third-order valence-electron chi connectivity index (χ3n) is 4.24. The highest BCUT2D eigenvalue weighted by molar-refractivity contribution is 7.89. The Morgan fingerprint density at radius 3 is 1.27 bits per heavy atom. The second kappa shape index (κ2) is 6.15. The maximum atomic E-state index is 5.55. The molecule has 0 spiro atoms. The SMILES string of the molecule is CN1C(=S)C(=S)N(C)[C@@H](c2ccccc2)[C@@H]1c1ccccc1. The van der Waals surface area contributed by atoms with Crippen LogP contribution in [0, 0.1) is 0 Å². The van der Waals surface area contributed by atoms with E-state index in [0.717, 1.165) is 9.98 Å². The second-order valence-corrected chi connectivity index (χ2v) is 6.32. The molecule has 2 aromatic rings. The molecule has 2 nitrogen and oxygen atoms in total. The standard InChI is InChI=1S/C18H18N2S2/c1-19-15(13-9-5-3-6-10-13)16(14-11-7-4-8-12-14)20(2)18(22)17(19)21/h3-12,15-16H,1-2H3/t15-,16-/m0/s1. The lowest BCUT2D eigenvalue weighted by atomic mass is 9.89. The smallest absolute Gasteiger partial charge is 0.137 e. The largest absolute Gasteiger partial charge is 0.354 e. The van der Waals surface area contributed by atoms with Crippen LogP contribution in [-0.4, -0.2) is 33.9 Å². The summed E-state index contributed by atoms with van der Waals surface area (Å²) in [5, 5.41) is 0. The molecule has 0 aromatic heterocycles. The highest BCUT2D eigenvalue weighted by atomic mass is 32.1. The van der Waals surface area contributed by atoms with E-state index in [9.17, 15) is 0 Å². The van der Waals surface area contributed by atoms with Crippen molar-refractivity contribution in [2.75, 3.05) is 14.1 Å². The molecule has 1 heterocycles. The van der Waals surface area contributed by atoms with Gasteiger partial charge >= 0.3 is 0 Å². The first kappa shape index (κ1) is 15.1. The van der Waals surface area contributed by atoms with Gasteiger partial charge in [0.1, 0.15) is 9.98 Å². The Bertz CT molecular complexity index is 623. The van der Waals surface area contributed by atoms with E-state index in [2.05, 4.69) is 58.3 Å². The van der Waals surface area contributed by atoms with Crippen molar-refractivity contribution < 1.29 is 0 Å². The van der Waals surface area contributed by atoms with E-state index in [0.29, 0.717) is 0 Å². The van der Waals surface area contributed by atoms with Gasteiger partial charge in [-0.25, -0.2) is 0 Å². The fraction of sp³-hybridized carbons (Fsp3) is 0.222. The summed E-state index contributed by atoms with van der Waals surface area (Å²) >= 11 is 11.1. The Balaban J connectivity index is 2.13. The van der Waals surface area contributed by atoms with Crippen LogP contribution in [0.4, 0.5) is 0 Å². The van der Waals surface area contributed by atoms with Crippen LogP contribution in [0.25, 0.3) is 0 Å². The second-order valence-electron chi connectivity index (χ2n) is 5.54. The van der Waals surface area contributed by atoms with Gasteiger partial charge in [-0.15, -0.1) is 0 Å². The first-order valence-electron chi connectivity index (χ1n) is 7.25. The first-order valence-corrected chi connectivity index (χ1v) is 8.06. The van der Waals surface area contributed by atoms with Crippen LogP contribution in [0.5, 0.6) is 0 Å². The van der Waals surface area contributed by atoms with Gasteiger partial charge in [0.15, 0.2) is 0 Å². The lowest BCUT2D eigenvalue weighted by molar-refractivity contribution is 0.206. The highest BCUT2D eigenvalue weighted by Crippen LogP contribution is 2.41. The number of rotatable bonds is 2. The fourth-order valence-corrected chi connectivity index (χ4v) is 3.61. The predicted octanol–water partition coefficient (Wildman–Crippen LogP) is 4.00. The summed E-state index contributed by atoms with van der Waals surface area (Å²) in [6.45, 7) is 0. The zero-order chi connectivity index (χ0) is 15.7. The van der Waals surface area contributed by atoms with E-state index in [1.807, 2.05) is 26.2 Å². The van der Waals surface area contributed by atoms with Crippen molar-refractivity contribution in [2.24, 2.45) is 0 Å². The molecule has 1 aliphatic heterocycles. The first-order chi connectivity index (χ1) is 10.6. The summed E-state index contributed by atoms with van der Waals surface area (Å²) in [6, 6.07) is 21.3. The third-order valence-corrected chi connectivity index (χ3v) is 5.33. The maximum absolute atomic E-state index is 5.55. The average molecular weight is 326 g/mol. The molecule has 3 rings (SSSR count). The Morgan fingerprint density at radius 1 is 0.636 bits per heavy atom. The van der Waals surface area contributed by atoms with E-state index in [-0.39, 0.29) is 12.1 Å². The Hall–Kier alpha value is -1.78. The Labute approximate surface area is 142 Å². The number of thiocarbonyl (C=S) groups is 2. The van der Waals surface area contributed by atoms with Crippen LogP contribution >= 0.6 is 24.4 Å². The van der Waals surface area contributed by atoms with Gasteiger partial charge in [0.05, 0.1) is 12.1 Å². The van der Waals surface area contributed by atoms with E-state index < -0.39 is 0 Å². The van der Waals surface area contributed by atoms with Gasteiger partial charge in [0.25, 0.3) is 0 Å². The monoisotopic (exact) mass is 326 g/mol. The van der Waals surface area contributed by atoms with Crippen LogP contribution in [0.1, 0.15) is 23.2 Å². The van der Waals surface area contributed by atoms with Crippen LogP contribution < -0.4 is 0 Å². The van der Waals surface area contributed by atoms with Gasteiger partial charge in [-0.1, -0.05) is 85.1 Å². The molecule has 0 saturated carbocycles. The fourth-order valence-electron chi connectivity index (χ4n) is 3.09. The molecule has 1 saturated heterocycles. The molecule has 0 aliphatic carbocycles. The lowest BCUT2D eigenvalue weighted by Gasteiger charge is -2.47. The molecular weight excluding hydrogens is 308 g/mol. The van der Waals surface area contributed by atoms with Crippen molar-refractivity contribution >= 4 is 34.4 Å². The molecule has 1 aliphatic rings. The number of likely N-dealkylation sites (N-methyl/N-ethyl adjacent to an activating group) is 2. The van der Waals surface area contributed by atoms with Gasteiger partial charge < -0.3 is 9.80 Å². The van der Waals surface area contributed by atoms with Crippen molar-refractivity contribution in [3.63, 3.8) is 0 Å². The lowest BCUT2D eigenvalue weighted by Crippen LogP contribution is -2.52. The van der Waals surface area contributed by atoms with Gasteiger partial charge in [-0.3, -0.25) is 0 Å². The number of benzene rings is 2. The Kier molecular flexibility index (Phi) is 4.23. The zero-order valence-corrected chi connectivity index (χ0v) is 14.3. The van der Waals surface area contributed by atoms with Crippen molar-refractivity contribution in [1.29, 1.82) is 0 Å². The summed E-state index contributed by atoms with van der Waals surface area (Å²) in [7, 11) is 4.07. The molecule has 0 radical (unpaired) electrons. The summed E-state index contributed by atoms with van der Waals surface area (Å²) < 4.78 is 0. The van der Waals surface area contributed by atoms with Crippen LogP contribution in [0.15, 0.2) is 60.7 Å². The van der Waals surface area contributed by atoms with Gasteiger partial charge in [0, 0.05) is 14.1 Å². The summed E-state index contributed by atoms with van der Waals surface area (Å²) in [5.41, 5.74) is 2.49. The molecule has 112 valence electrons. The minimum Gasteiger partial charge on any atom is -0.354 e. The Morgan fingerprint density at radius 2 is 0.955 bits per heavy atom. The van der Waals surface area contributed by atoms with Crippen LogP contribution in [0.3, 0.4) is 0 Å². The van der Waals surface area contributed by atoms with Crippen LogP contribution in [-0.2, 0) is 0 Å². The van der Waals surface area contributed by atoms with Crippen molar-refractivity contribution in [1.82, 2.24) is 9.80 Å². The topological polar surface area (TPSA) is 6.48 Å². The van der Waals surface area contributed by atoms with Crippen molar-refractivity contribution in [3.8, 4) is 0 Å². The van der Waals surface area contributed by atoms with Crippen molar-refractivity contribution in [3.05, 3.63) is 71.8 Å². The van der Waals surface area contributed by atoms with Gasteiger partial charge in [-0.05, 0) is 11.1 Å². The highest BCUT2D eigenvalue weighted by Gasteiger charge is 2.39. The minimum absolute atomic E-state index is 0.146. The summed E-state index contributed by atoms with van der Waals surface area (Å²) in [6.07, 6.45) is 0. The number of nitrogens with zero attached hydrogens (tertiary/aromatic N) is 2.